The summed E-state index contributed by atoms with van der Waals surface area (Å²) < 4.78 is 27.5. The Balaban J connectivity index is 1.76. The lowest BCUT2D eigenvalue weighted by atomic mass is 10.0. The van der Waals surface area contributed by atoms with Crippen LogP contribution in [0.4, 0.5) is 4.79 Å². The first-order chi connectivity index (χ1) is 12.8. The third kappa shape index (κ3) is 6.65. The van der Waals surface area contributed by atoms with Gasteiger partial charge in [-0.2, -0.15) is 0 Å². The number of amides is 1. The van der Waals surface area contributed by atoms with Crippen LogP contribution in [0.2, 0.25) is 0 Å². The Morgan fingerprint density at radius 3 is 2.30 bits per heavy atom. The maximum absolute atomic E-state index is 11.6. The summed E-state index contributed by atoms with van der Waals surface area (Å²) in [7, 11) is -3.82. The SMILES string of the molecule is NS(=O)(=O)c1ccc(C(O)C(O)CCNC(=O)OCc2ccccc2)cc1. The van der Waals surface area contributed by atoms with E-state index in [0.717, 1.165) is 5.56 Å². The molecule has 0 aliphatic rings. The smallest absolute Gasteiger partial charge is 0.407 e. The van der Waals surface area contributed by atoms with Crippen LogP contribution >= 0.6 is 0 Å². The zero-order valence-electron chi connectivity index (χ0n) is 14.5. The summed E-state index contributed by atoms with van der Waals surface area (Å²) >= 11 is 0. The molecule has 2 aromatic rings. The van der Waals surface area contributed by atoms with Gasteiger partial charge >= 0.3 is 6.09 Å². The summed E-state index contributed by atoms with van der Waals surface area (Å²) in [6.07, 6.45) is -2.93. The summed E-state index contributed by atoms with van der Waals surface area (Å²) in [4.78, 5) is 11.5. The highest BCUT2D eigenvalue weighted by Crippen LogP contribution is 2.20. The van der Waals surface area contributed by atoms with Gasteiger partial charge in [-0.1, -0.05) is 42.5 Å². The minimum absolute atomic E-state index is 0.0819. The molecule has 0 bridgehead atoms. The normalized spacial score (nSPS) is 13.6. The topological polar surface area (TPSA) is 139 Å². The van der Waals surface area contributed by atoms with Gasteiger partial charge in [-0.05, 0) is 29.7 Å². The highest BCUT2D eigenvalue weighted by molar-refractivity contribution is 7.89. The van der Waals surface area contributed by atoms with E-state index in [9.17, 15) is 23.4 Å². The highest BCUT2D eigenvalue weighted by Gasteiger charge is 2.19. The summed E-state index contributed by atoms with van der Waals surface area (Å²) in [6, 6.07) is 14.4. The molecule has 2 rings (SSSR count). The van der Waals surface area contributed by atoms with Crippen LogP contribution in [0.15, 0.2) is 59.5 Å². The van der Waals surface area contributed by atoms with Crippen molar-refractivity contribution in [1.82, 2.24) is 5.32 Å². The summed E-state index contributed by atoms with van der Waals surface area (Å²) in [5.41, 5.74) is 1.19. The first-order valence-electron chi connectivity index (χ1n) is 8.21. The van der Waals surface area contributed by atoms with Gasteiger partial charge in [0, 0.05) is 6.54 Å². The van der Waals surface area contributed by atoms with Crippen LogP contribution in [0.25, 0.3) is 0 Å². The first kappa shape index (κ1) is 20.8. The Bertz CT molecular complexity index is 840. The quantitative estimate of drug-likeness (QED) is 0.528. The third-order valence-corrected chi connectivity index (χ3v) is 4.77. The molecule has 0 aliphatic heterocycles. The van der Waals surface area contributed by atoms with Gasteiger partial charge in [0.1, 0.15) is 12.7 Å². The molecule has 0 heterocycles. The molecule has 0 aliphatic carbocycles. The number of nitrogens with two attached hydrogens (primary N) is 1. The average molecular weight is 394 g/mol. The van der Waals surface area contributed by atoms with E-state index in [1.807, 2.05) is 30.3 Å². The largest absolute Gasteiger partial charge is 0.445 e. The summed E-state index contributed by atoms with van der Waals surface area (Å²) in [5.74, 6) is 0. The van der Waals surface area contributed by atoms with Gasteiger partial charge < -0.3 is 20.3 Å². The number of carbonyl (C=O) groups is 1. The minimum Gasteiger partial charge on any atom is -0.445 e. The molecule has 0 radical (unpaired) electrons. The van der Waals surface area contributed by atoms with Gasteiger partial charge in [-0.25, -0.2) is 18.4 Å². The van der Waals surface area contributed by atoms with Crippen LogP contribution in [-0.2, 0) is 21.4 Å². The Morgan fingerprint density at radius 2 is 1.70 bits per heavy atom. The van der Waals surface area contributed by atoms with E-state index < -0.39 is 28.3 Å². The maximum Gasteiger partial charge on any atom is 0.407 e. The number of nitrogens with one attached hydrogen (secondary N) is 1. The molecule has 0 fully saturated rings. The van der Waals surface area contributed by atoms with E-state index >= 15 is 0 Å². The number of carbonyl (C=O) groups excluding carboxylic acids is 1. The van der Waals surface area contributed by atoms with Crippen molar-refractivity contribution >= 4 is 16.1 Å². The number of aliphatic hydroxyl groups is 2. The minimum atomic E-state index is -3.82. The van der Waals surface area contributed by atoms with Crippen LogP contribution in [0.3, 0.4) is 0 Å². The Morgan fingerprint density at radius 1 is 1.07 bits per heavy atom. The molecule has 0 saturated heterocycles. The van der Waals surface area contributed by atoms with Crippen LogP contribution in [0.1, 0.15) is 23.7 Å². The van der Waals surface area contributed by atoms with E-state index in [-0.39, 0.29) is 24.5 Å². The van der Waals surface area contributed by atoms with Crippen molar-refractivity contribution in [3.8, 4) is 0 Å². The molecule has 1 amide bonds. The lowest BCUT2D eigenvalue weighted by Gasteiger charge is -2.18. The second-order valence-corrected chi connectivity index (χ2v) is 7.46. The second kappa shape index (κ2) is 9.47. The number of sulfonamides is 1. The molecular weight excluding hydrogens is 372 g/mol. The van der Waals surface area contributed by atoms with Crippen molar-refractivity contribution in [1.29, 1.82) is 0 Å². The highest BCUT2D eigenvalue weighted by atomic mass is 32.2. The molecule has 2 atom stereocenters. The van der Waals surface area contributed by atoms with Crippen molar-refractivity contribution in [2.24, 2.45) is 5.14 Å². The lowest BCUT2D eigenvalue weighted by Crippen LogP contribution is -2.29. The molecule has 2 unspecified atom stereocenters. The molecule has 5 N–H and O–H groups in total. The van der Waals surface area contributed by atoms with Crippen molar-refractivity contribution in [2.45, 2.75) is 30.1 Å². The predicted molar refractivity (Wildman–Crippen MR) is 98.0 cm³/mol. The van der Waals surface area contributed by atoms with E-state index in [1.165, 1.54) is 24.3 Å². The fraction of sp³-hybridized carbons (Fsp3) is 0.278. The van der Waals surface area contributed by atoms with E-state index in [1.54, 1.807) is 0 Å². The average Bonchev–Trinajstić information content (AvgIpc) is 2.66. The Hall–Kier alpha value is -2.46. The Kier molecular flexibility index (Phi) is 7.31. The van der Waals surface area contributed by atoms with Crippen LogP contribution in [0.5, 0.6) is 0 Å². The first-order valence-corrected chi connectivity index (χ1v) is 9.75. The molecule has 146 valence electrons. The number of hydrogen-bond acceptors (Lipinski definition) is 6. The second-order valence-electron chi connectivity index (χ2n) is 5.90. The fourth-order valence-electron chi connectivity index (χ4n) is 2.33. The number of benzene rings is 2. The van der Waals surface area contributed by atoms with Gasteiger partial charge in [0.2, 0.25) is 10.0 Å². The molecule has 0 spiro atoms. The van der Waals surface area contributed by atoms with Crippen LogP contribution < -0.4 is 10.5 Å². The molecule has 0 saturated carbocycles. The molecular formula is C18H22N2O6S. The standard InChI is InChI=1S/C18H22N2O6S/c19-27(24,25)15-8-6-14(7-9-15)17(22)16(21)10-11-20-18(23)26-12-13-4-2-1-3-5-13/h1-9,16-17,21-22H,10-12H2,(H,20,23)(H2,19,24,25). The van der Waals surface area contributed by atoms with E-state index in [0.29, 0.717) is 5.56 Å². The molecule has 2 aromatic carbocycles. The van der Waals surface area contributed by atoms with Crippen LogP contribution in [0, 0.1) is 0 Å². The zero-order chi connectivity index (χ0) is 19.9. The zero-order valence-corrected chi connectivity index (χ0v) is 15.3. The predicted octanol–water partition coefficient (Wildman–Crippen LogP) is 1.04. The van der Waals surface area contributed by atoms with E-state index in [2.05, 4.69) is 5.32 Å². The Labute approximate surface area is 157 Å². The monoisotopic (exact) mass is 394 g/mol. The number of primary sulfonamides is 1. The molecule has 9 heteroatoms. The summed E-state index contributed by atoms with van der Waals surface area (Å²) in [6.45, 7) is 0.232. The van der Waals surface area contributed by atoms with Gasteiger partial charge in [-0.3, -0.25) is 0 Å². The number of ether oxygens (including phenoxy) is 1. The van der Waals surface area contributed by atoms with E-state index in [4.69, 9.17) is 9.88 Å². The number of aliphatic hydroxyl groups excluding tert-OH is 2. The molecule has 0 aromatic heterocycles. The van der Waals surface area contributed by atoms with Crippen LogP contribution in [-0.4, -0.2) is 37.4 Å². The molecule has 8 nitrogen and oxygen atoms in total. The van der Waals surface area contributed by atoms with Gasteiger partial charge in [0.15, 0.2) is 0 Å². The van der Waals surface area contributed by atoms with Gasteiger partial charge in [-0.15, -0.1) is 0 Å². The summed E-state index contributed by atoms with van der Waals surface area (Å²) in [5, 5.41) is 27.7. The fourth-order valence-corrected chi connectivity index (χ4v) is 2.85. The van der Waals surface area contributed by atoms with Gasteiger partial charge in [0.05, 0.1) is 11.0 Å². The third-order valence-electron chi connectivity index (χ3n) is 3.84. The van der Waals surface area contributed by atoms with Crippen molar-refractivity contribution in [3.63, 3.8) is 0 Å². The maximum atomic E-state index is 11.6. The number of rotatable bonds is 8. The number of alkyl carbamates (subject to hydrolysis) is 1. The van der Waals surface area contributed by atoms with Gasteiger partial charge in [0.25, 0.3) is 0 Å². The molecule has 27 heavy (non-hydrogen) atoms. The lowest BCUT2D eigenvalue weighted by molar-refractivity contribution is 0.0136. The number of hydrogen-bond donors (Lipinski definition) is 4. The van der Waals surface area contributed by atoms with Crippen molar-refractivity contribution in [3.05, 3.63) is 65.7 Å². The van der Waals surface area contributed by atoms with Crippen molar-refractivity contribution < 1.29 is 28.2 Å². The van der Waals surface area contributed by atoms with Crippen molar-refractivity contribution in [2.75, 3.05) is 6.54 Å².